The van der Waals surface area contributed by atoms with Crippen molar-refractivity contribution < 1.29 is 4.79 Å². The zero-order valence-corrected chi connectivity index (χ0v) is 11.7. The first-order valence-electron chi connectivity index (χ1n) is 5.89. The molecule has 0 saturated carbocycles. The second kappa shape index (κ2) is 5.91. The standard InChI is InChI=1S/C15H14BrNO/c1-2-11-5-7-12(8-6-11)15(18)14(16)13-4-3-9-17-10-13/h3-10,14H,2H2,1H3. The molecule has 92 valence electrons. The molecule has 0 N–H and O–H groups in total. The second-order valence-corrected chi connectivity index (χ2v) is 4.98. The Hall–Kier alpha value is -1.48. The van der Waals surface area contributed by atoms with Gasteiger partial charge in [-0.25, -0.2) is 0 Å². The monoisotopic (exact) mass is 303 g/mol. The third-order valence-corrected chi connectivity index (χ3v) is 3.80. The molecule has 0 amide bonds. The minimum Gasteiger partial charge on any atom is -0.293 e. The van der Waals surface area contributed by atoms with E-state index in [9.17, 15) is 4.79 Å². The van der Waals surface area contributed by atoms with Crippen LogP contribution in [-0.4, -0.2) is 10.8 Å². The SMILES string of the molecule is CCc1ccc(C(=O)C(Br)c2cccnc2)cc1. The molecule has 18 heavy (non-hydrogen) atoms. The summed E-state index contributed by atoms with van der Waals surface area (Å²) in [5.74, 6) is 0.0608. The van der Waals surface area contributed by atoms with Crippen LogP contribution in [-0.2, 0) is 6.42 Å². The van der Waals surface area contributed by atoms with Gasteiger partial charge < -0.3 is 0 Å². The molecule has 0 spiro atoms. The van der Waals surface area contributed by atoms with Crippen LogP contribution in [0.4, 0.5) is 0 Å². The van der Waals surface area contributed by atoms with Crippen LogP contribution >= 0.6 is 15.9 Å². The minimum atomic E-state index is -0.335. The number of hydrogen-bond donors (Lipinski definition) is 0. The van der Waals surface area contributed by atoms with E-state index in [1.54, 1.807) is 12.4 Å². The number of carbonyl (C=O) groups is 1. The Labute approximate surface area is 115 Å². The number of rotatable bonds is 4. The van der Waals surface area contributed by atoms with Crippen molar-refractivity contribution in [2.45, 2.75) is 18.2 Å². The van der Waals surface area contributed by atoms with Gasteiger partial charge in [-0.2, -0.15) is 0 Å². The normalized spacial score (nSPS) is 12.1. The first-order valence-corrected chi connectivity index (χ1v) is 6.81. The van der Waals surface area contributed by atoms with Crippen LogP contribution in [0.2, 0.25) is 0 Å². The Kier molecular flexibility index (Phi) is 4.26. The van der Waals surface area contributed by atoms with E-state index in [1.807, 2.05) is 36.4 Å². The van der Waals surface area contributed by atoms with Gasteiger partial charge in [0.15, 0.2) is 5.78 Å². The second-order valence-electron chi connectivity index (χ2n) is 4.06. The summed E-state index contributed by atoms with van der Waals surface area (Å²) in [4.78, 5) is 16.0. The highest BCUT2D eigenvalue weighted by atomic mass is 79.9. The summed E-state index contributed by atoms with van der Waals surface area (Å²) >= 11 is 3.43. The minimum absolute atomic E-state index is 0.0608. The summed E-state index contributed by atoms with van der Waals surface area (Å²) in [7, 11) is 0. The van der Waals surface area contributed by atoms with Gasteiger partial charge in [0.1, 0.15) is 4.83 Å². The van der Waals surface area contributed by atoms with Crippen LogP contribution in [0.5, 0.6) is 0 Å². The van der Waals surface area contributed by atoms with Gasteiger partial charge in [-0.05, 0) is 23.6 Å². The highest BCUT2D eigenvalue weighted by molar-refractivity contribution is 9.09. The molecule has 0 bridgehead atoms. The molecule has 3 heteroatoms. The maximum absolute atomic E-state index is 12.3. The van der Waals surface area contributed by atoms with E-state index in [4.69, 9.17) is 0 Å². The lowest BCUT2D eigenvalue weighted by Gasteiger charge is -2.09. The van der Waals surface area contributed by atoms with Crippen LogP contribution in [0, 0.1) is 0 Å². The fraction of sp³-hybridized carbons (Fsp3) is 0.200. The molecule has 0 fully saturated rings. The van der Waals surface area contributed by atoms with E-state index < -0.39 is 0 Å². The number of halogens is 1. The van der Waals surface area contributed by atoms with Crippen molar-refractivity contribution in [1.29, 1.82) is 0 Å². The van der Waals surface area contributed by atoms with Crippen molar-refractivity contribution >= 4 is 21.7 Å². The van der Waals surface area contributed by atoms with Gasteiger partial charge in [0.05, 0.1) is 0 Å². The van der Waals surface area contributed by atoms with Crippen molar-refractivity contribution in [3.05, 3.63) is 65.5 Å². The molecular formula is C15H14BrNO. The highest BCUT2D eigenvalue weighted by Gasteiger charge is 2.18. The largest absolute Gasteiger partial charge is 0.293 e. The summed E-state index contributed by atoms with van der Waals surface area (Å²) in [5, 5.41) is 0. The topological polar surface area (TPSA) is 30.0 Å². The molecule has 0 radical (unpaired) electrons. The van der Waals surface area contributed by atoms with E-state index in [0.717, 1.165) is 17.5 Å². The Morgan fingerprint density at radius 1 is 1.28 bits per heavy atom. The summed E-state index contributed by atoms with van der Waals surface area (Å²) in [6, 6.07) is 11.5. The number of pyridine rings is 1. The van der Waals surface area contributed by atoms with Crippen molar-refractivity contribution in [3.8, 4) is 0 Å². The lowest BCUT2D eigenvalue weighted by molar-refractivity contribution is 0.0991. The molecule has 1 aromatic carbocycles. The number of hydrogen-bond acceptors (Lipinski definition) is 2. The van der Waals surface area contributed by atoms with Crippen molar-refractivity contribution in [1.82, 2.24) is 4.98 Å². The molecular weight excluding hydrogens is 290 g/mol. The first kappa shape index (κ1) is 13.0. The lowest BCUT2D eigenvalue weighted by atomic mass is 10.0. The fourth-order valence-electron chi connectivity index (χ4n) is 1.73. The van der Waals surface area contributed by atoms with E-state index in [2.05, 4.69) is 27.8 Å². The van der Waals surface area contributed by atoms with Gasteiger partial charge in [0.25, 0.3) is 0 Å². The third-order valence-electron chi connectivity index (χ3n) is 2.85. The van der Waals surface area contributed by atoms with Gasteiger partial charge in [-0.15, -0.1) is 0 Å². The maximum atomic E-state index is 12.3. The molecule has 2 rings (SSSR count). The number of benzene rings is 1. The number of Topliss-reactive ketones (excluding diaryl/α,β-unsaturated/α-hetero) is 1. The summed E-state index contributed by atoms with van der Waals surface area (Å²) in [6.45, 7) is 2.10. The molecule has 2 nitrogen and oxygen atoms in total. The number of aryl methyl sites for hydroxylation is 1. The van der Waals surface area contributed by atoms with Crippen LogP contribution in [0.15, 0.2) is 48.8 Å². The smallest absolute Gasteiger partial charge is 0.180 e. The van der Waals surface area contributed by atoms with Crippen molar-refractivity contribution in [2.75, 3.05) is 0 Å². The van der Waals surface area contributed by atoms with Crippen LogP contribution < -0.4 is 0 Å². The van der Waals surface area contributed by atoms with Crippen molar-refractivity contribution in [3.63, 3.8) is 0 Å². The molecule has 0 aliphatic carbocycles. The van der Waals surface area contributed by atoms with E-state index >= 15 is 0 Å². The van der Waals surface area contributed by atoms with Gasteiger partial charge in [-0.3, -0.25) is 9.78 Å². The molecule has 1 aromatic heterocycles. The molecule has 1 unspecified atom stereocenters. The van der Waals surface area contributed by atoms with Crippen LogP contribution in [0.25, 0.3) is 0 Å². The number of ketones is 1. The van der Waals surface area contributed by atoms with Gasteiger partial charge in [0.2, 0.25) is 0 Å². The third kappa shape index (κ3) is 2.85. The fourth-order valence-corrected chi connectivity index (χ4v) is 2.26. The molecule has 0 saturated heterocycles. The summed E-state index contributed by atoms with van der Waals surface area (Å²) < 4.78 is 0. The van der Waals surface area contributed by atoms with E-state index in [0.29, 0.717) is 0 Å². The van der Waals surface area contributed by atoms with Crippen LogP contribution in [0.1, 0.15) is 33.2 Å². The van der Waals surface area contributed by atoms with E-state index in [-0.39, 0.29) is 10.6 Å². The van der Waals surface area contributed by atoms with Crippen LogP contribution in [0.3, 0.4) is 0 Å². The molecule has 0 aliphatic rings. The number of carbonyl (C=O) groups excluding carboxylic acids is 1. The molecule has 1 atom stereocenters. The summed E-state index contributed by atoms with van der Waals surface area (Å²) in [6.07, 6.45) is 4.39. The van der Waals surface area contributed by atoms with E-state index in [1.165, 1.54) is 5.56 Å². The maximum Gasteiger partial charge on any atom is 0.180 e. The average molecular weight is 304 g/mol. The summed E-state index contributed by atoms with van der Waals surface area (Å²) in [5.41, 5.74) is 2.83. The quantitative estimate of drug-likeness (QED) is 0.632. The lowest BCUT2D eigenvalue weighted by Crippen LogP contribution is -2.07. The molecule has 0 aliphatic heterocycles. The van der Waals surface area contributed by atoms with Gasteiger partial charge >= 0.3 is 0 Å². The zero-order valence-electron chi connectivity index (χ0n) is 10.1. The first-order chi connectivity index (χ1) is 8.72. The van der Waals surface area contributed by atoms with Crippen molar-refractivity contribution in [2.24, 2.45) is 0 Å². The average Bonchev–Trinajstić information content (AvgIpc) is 2.47. The predicted molar refractivity (Wildman–Crippen MR) is 76.1 cm³/mol. The number of alkyl halides is 1. The highest BCUT2D eigenvalue weighted by Crippen LogP contribution is 2.26. The molecule has 1 heterocycles. The number of aromatic nitrogens is 1. The predicted octanol–water partition coefficient (Wildman–Crippen LogP) is 3.96. The Morgan fingerprint density at radius 3 is 2.56 bits per heavy atom. The number of nitrogens with zero attached hydrogens (tertiary/aromatic N) is 1. The Bertz CT molecular complexity index is 522. The van der Waals surface area contributed by atoms with Gasteiger partial charge in [0, 0.05) is 18.0 Å². The zero-order chi connectivity index (χ0) is 13.0. The van der Waals surface area contributed by atoms with Gasteiger partial charge in [-0.1, -0.05) is 53.2 Å². The molecule has 2 aromatic rings. The Balaban J connectivity index is 2.20. The Morgan fingerprint density at radius 2 is 2.00 bits per heavy atom.